The van der Waals surface area contributed by atoms with Crippen LogP contribution in [0.1, 0.15) is 27.2 Å². The molecule has 3 amide bonds. The molecule has 0 aliphatic heterocycles. The van der Waals surface area contributed by atoms with Crippen LogP contribution < -0.4 is 10.6 Å². The van der Waals surface area contributed by atoms with Gasteiger partial charge < -0.3 is 20.0 Å². The van der Waals surface area contributed by atoms with Crippen molar-refractivity contribution in [3.63, 3.8) is 0 Å². The van der Waals surface area contributed by atoms with Crippen LogP contribution in [0.4, 0.5) is 18.9 Å². The van der Waals surface area contributed by atoms with Gasteiger partial charge in [0, 0.05) is 11.3 Å². The number of aryl methyl sites for hydroxylation is 1. The lowest BCUT2D eigenvalue weighted by molar-refractivity contribution is -0.137. The fourth-order valence-electron chi connectivity index (χ4n) is 3.14. The molecule has 0 bridgehead atoms. The lowest BCUT2D eigenvalue weighted by Gasteiger charge is -2.22. The van der Waals surface area contributed by atoms with Gasteiger partial charge in [0.2, 0.25) is 11.8 Å². The van der Waals surface area contributed by atoms with Gasteiger partial charge in [0.05, 0.1) is 24.9 Å². The number of amides is 3. The first-order valence-electron chi connectivity index (χ1n) is 10.2. The Labute approximate surface area is 193 Å². The number of nitrogens with zero attached hydrogens (tertiary/aromatic N) is 1. The third kappa shape index (κ3) is 6.96. The van der Waals surface area contributed by atoms with Gasteiger partial charge >= 0.3 is 6.18 Å². The minimum Gasteiger partial charge on any atom is -0.467 e. The average Bonchev–Trinajstić information content (AvgIpc) is 3.29. The molecule has 0 saturated heterocycles. The molecule has 1 heterocycles. The lowest BCUT2D eigenvalue weighted by Crippen LogP contribution is -2.42. The zero-order valence-corrected chi connectivity index (χ0v) is 18.2. The summed E-state index contributed by atoms with van der Waals surface area (Å²) < 4.78 is 44.4. The van der Waals surface area contributed by atoms with Crippen LogP contribution in [0.5, 0.6) is 0 Å². The molecule has 1 aromatic heterocycles. The van der Waals surface area contributed by atoms with E-state index < -0.39 is 36.0 Å². The minimum atomic E-state index is -4.62. The summed E-state index contributed by atoms with van der Waals surface area (Å²) in [5.74, 6) is -1.58. The number of benzene rings is 2. The van der Waals surface area contributed by atoms with Crippen molar-refractivity contribution in [1.29, 1.82) is 0 Å². The molecule has 0 atom stereocenters. The van der Waals surface area contributed by atoms with Crippen molar-refractivity contribution in [2.45, 2.75) is 19.6 Å². The number of nitrogens with one attached hydrogen (secondary N) is 2. The highest BCUT2D eigenvalue weighted by Crippen LogP contribution is 2.29. The minimum absolute atomic E-state index is 0.148. The van der Waals surface area contributed by atoms with Gasteiger partial charge in [-0.2, -0.15) is 13.2 Å². The summed E-state index contributed by atoms with van der Waals surface area (Å²) in [5.41, 5.74) is 0.307. The predicted molar refractivity (Wildman–Crippen MR) is 118 cm³/mol. The van der Waals surface area contributed by atoms with Crippen LogP contribution in [0, 0.1) is 6.92 Å². The number of alkyl halides is 3. The quantitative estimate of drug-likeness (QED) is 0.517. The topological polar surface area (TPSA) is 91.7 Å². The summed E-state index contributed by atoms with van der Waals surface area (Å²) in [5, 5.41) is 5.05. The second-order valence-electron chi connectivity index (χ2n) is 7.51. The van der Waals surface area contributed by atoms with Gasteiger partial charge in [0.1, 0.15) is 12.3 Å². The van der Waals surface area contributed by atoms with E-state index in [1.165, 1.54) is 12.3 Å². The molecule has 0 unspecified atom stereocenters. The maximum absolute atomic E-state index is 13.1. The van der Waals surface area contributed by atoms with E-state index >= 15 is 0 Å². The zero-order valence-electron chi connectivity index (χ0n) is 18.2. The molecular weight excluding hydrogens is 451 g/mol. The Morgan fingerprint density at radius 3 is 2.41 bits per heavy atom. The fourth-order valence-corrected chi connectivity index (χ4v) is 3.14. The van der Waals surface area contributed by atoms with E-state index in [9.17, 15) is 27.6 Å². The molecule has 0 fully saturated rings. The van der Waals surface area contributed by atoms with Crippen LogP contribution in [0.3, 0.4) is 0 Å². The van der Waals surface area contributed by atoms with Crippen molar-refractivity contribution < 1.29 is 32.0 Å². The largest absolute Gasteiger partial charge is 0.467 e. The number of furan rings is 1. The second kappa shape index (κ2) is 10.7. The third-order valence-corrected chi connectivity index (χ3v) is 4.73. The Bertz CT molecular complexity index is 1160. The summed E-state index contributed by atoms with van der Waals surface area (Å²) >= 11 is 0. The molecule has 0 radical (unpaired) electrons. The maximum atomic E-state index is 13.1. The number of halogens is 3. The Hall–Kier alpha value is -4.08. The Kier molecular flexibility index (Phi) is 7.72. The molecule has 34 heavy (non-hydrogen) atoms. The summed E-state index contributed by atoms with van der Waals surface area (Å²) in [6.07, 6.45) is -3.25. The molecular formula is C24H22F3N3O4. The molecule has 7 nitrogen and oxygen atoms in total. The molecule has 3 aromatic rings. The summed E-state index contributed by atoms with van der Waals surface area (Å²) in [6.45, 7) is 0.879. The van der Waals surface area contributed by atoms with Crippen molar-refractivity contribution in [1.82, 2.24) is 10.2 Å². The third-order valence-electron chi connectivity index (χ3n) is 4.73. The molecule has 10 heteroatoms. The Balaban J connectivity index is 1.66. The Morgan fingerprint density at radius 2 is 1.74 bits per heavy atom. The highest BCUT2D eigenvalue weighted by Gasteiger charge is 2.31. The van der Waals surface area contributed by atoms with E-state index in [0.717, 1.165) is 28.7 Å². The van der Waals surface area contributed by atoms with Crippen LogP contribution >= 0.6 is 0 Å². The number of carbonyl (C=O) groups is 3. The maximum Gasteiger partial charge on any atom is 0.416 e. The number of anilines is 1. The van der Waals surface area contributed by atoms with Gasteiger partial charge in [-0.15, -0.1) is 0 Å². The van der Waals surface area contributed by atoms with E-state index in [0.29, 0.717) is 11.4 Å². The monoisotopic (exact) mass is 473 g/mol. The van der Waals surface area contributed by atoms with Crippen LogP contribution in [-0.2, 0) is 22.3 Å². The van der Waals surface area contributed by atoms with Crippen molar-refractivity contribution in [3.05, 3.63) is 89.4 Å². The number of hydrogen-bond donors (Lipinski definition) is 2. The fraction of sp³-hybridized carbons (Fsp3) is 0.208. The van der Waals surface area contributed by atoms with Crippen LogP contribution in [0.15, 0.2) is 71.3 Å². The lowest BCUT2D eigenvalue weighted by atomic mass is 10.1. The van der Waals surface area contributed by atoms with Gasteiger partial charge in [-0.3, -0.25) is 14.4 Å². The van der Waals surface area contributed by atoms with Crippen molar-refractivity contribution >= 4 is 23.4 Å². The normalized spacial score (nSPS) is 11.1. The van der Waals surface area contributed by atoms with E-state index in [4.69, 9.17) is 4.42 Å². The SMILES string of the molecule is Cc1cccc(NC(=O)CNC(=O)CN(Cc2ccco2)C(=O)c2cccc(C(F)(F)F)c2)c1. The molecule has 0 aliphatic carbocycles. The van der Waals surface area contributed by atoms with E-state index in [-0.39, 0.29) is 18.7 Å². The van der Waals surface area contributed by atoms with Crippen molar-refractivity contribution in [2.24, 2.45) is 0 Å². The molecule has 3 rings (SSSR count). The first-order valence-corrected chi connectivity index (χ1v) is 10.2. The molecule has 2 N–H and O–H groups in total. The molecule has 0 spiro atoms. The number of rotatable bonds is 8. The zero-order chi connectivity index (χ0) is 24.7. The standard InChI is InChI=1S/C24H22F3N3O4/c1-16-5-2-8-19(11-16)29-21(31)13-28-22(32)15-30(14-20-9-4-10-34-20)23(33)17-6-3-7-18(12-17)24(25,26)27/h2-12H,13-15H2,1H3,(H,28,32)(H,29,31). The average molecular weight is 473 g/mol. The number of carbonyl (C=O) groups excluding carboxylic acids is 3. The molecule has 2 aromatic carbocycles. The van der Waals surface area contributed by atoms with Crippen LogP contribution in [0.2, 0.25) is 0 Å². The van der Waals surface area contributed by atoms with Crippen molar-refractivity contribution in [2.75, 3.05) is 18.4 Å². The first-order chi connectivity index (χ1) is 16.1. The van der Waals surface area contributed by atoms with E-state index in [1.807, 2.05) is 13.0 Å². The highest BCUT2D eigenvalue weighted by molar-refractivity contribution is 5.98. The molecule has 0 saturated carbocycles. The molecule has 0 aliphatic rings. The summed E-state index contributed by atoms with van der Waals surface area (Å²) in [4.78, 5) is 38.6. The predicted octanol–water partition coefficient (Wildman–Crippen LogP) is 4.00. The van der Waals surface area contributed by atoms with Crippen LogP contribution in [0.25, 0.3) is 0 Å². The van der Waals surface area contributed by atoms with Gasteiger partial charge in [0.25, 0.3) is 5.91 Å². The van der Waals surface area contributed by atoms with Crippen molar-refractivity contribution in [3.8, 4) is 0 Å². The van der Waals surface area contributed by atoms with Gasteiger partial charge in [-0.05, 0) is 55.0 Å². The molecule has 178 valence electrons. The second-order valence-corrected chi connectivity index (χ2v) is 7.51. The Morgan fingerprint density at radius 1 is 0.971 bits per heavy atom. The van der Waals surface area contributed by atoms with Gasteiger partial charge in [-0.1, -0.05) is 18.2 Å². The number of hydrogen-bond acceptors (Lipinski definition) is 4. The summed E-state index contributed by atoms with van der Waals surface area (Å²) in [7, 11) is 0. The highest BCUT2D eigenvalue weighted by atomic mass is 19.4. The smallest absolute Gasteiger partial charge is 0.416 e. The van der Waals surface area contributed by atoms with Crippen LogP contribution in [-0.4, -0.2) is 35.7 Å². The summed E-state index contributed by atoms with van der Waals surface area (Å²) in [6, 6.07) is 14.2. The first kappa shape index (κ1) is 24.6. The van der Waals surface area contributed by atoms with E-state index in [1.54, 1.807) is 30.3 Å². The van der Waals surface area contributed by atoms with Gasteiger partial charge in [0.15, 0.2) is 0 Å². The van der Waals surface area contributed by atoms with E-state index in [2.05, 4.69) is 10.6 Å². The van der Waals surface area contributed by atoms with Gasteiger partial charge in [-0.25, -0.2) is 0 Å².